The van der Waals surface area contributed by atoms with E-state index in [1.807, 2.05) is 59.3 Å². The average molecular weight is 513 g/mol. The van der Waals surface area contributed by atoms with E-state index in [2.05, 4.69) is 24.0 Å². The highest BCUT2D eigenvalue weighted by molar-refractivity contribution is 7.88. The van der Waals surface area contributed by atoms with E-state index < -0.39 is 16.0 Å². The number of aromatic carboxylic acids is 1. The van der Waals surface area contributed by atoms with Crippen LogP contribution in [0.5, 0.6) is 0 Å². The van der Waals surface area contributed by atoms with E-state index >= 15 is 0 Å². The van der Waals surface area contributed by atoms with Crippen LogP contribution < -0.4 is 0 Å². The molecule has 1 aliphatic rings. The van der Waals surface area contributed by atoms with Gasteiger partial charge in [0.25, 0.3) is 0 Å². The summed E-state index contributed by atoms with van der Waals surface area (Å²) in [6.45, 7) is 1.17. The number of benzene rings is 3. The summed E-state index contributed by atoms with van der Waals surface area (Å²) >= 11 is 0. The maximum Gasteiger partial charge on any atom is 0.337 e. The van der Waals surface area contributed by atoms with Crippen LogP contribution in [0.3, 0.4) is 0 Å². The van der Waals surface area contributed by atoms with Gasteiger partial charge in [0.1, 0.15) is 0 Å². The van der Waals surface area contributed by atoms with Crippen LogP contribution in [-0.4, -0.2) is 47.7 Å². The topological polar surface area (TPSA) is 79.6 Å². The molecule has 0 atom stereocenters. The number of fused-ring (bicyclic) bond motifs is 1. The van der Waals surface area contributed by atoms with Gasteiger partial charge < -0.3 is 9.67 Å². The normalized spacial score (nSPS) is 14.8. The second kappa shape index (κ2) is 10.3. The van der Waals surface area contributed by atoms with Crippen LogP contribution >= 0.6 is 0 Å². The third kappa shape index (κ3) is 5.46. The van der Waals surface area contributed by atoms with Crippen LogP contribution in [0.1, 0.15) is 39.9 Å². The van der Waals surface area contributed by atoms with Gasteiger partial charge in [0.15, 0.2) is 0 Å². The monoisotopic (exact) mass is 512 g/mol. The fraction of sp³-hybridized carbons (Fsp3) is 0.233. The first-order valence-corrected chi connectivity index (χ1v) is 14.1. The van der Waals surface area contributed by atoms with E-state index in [1.165, 1.54) is 11.8 Å². The molecule has 4 aromatic rings. The van der Waals surface area contributed by atoms with Crippen molar-refractivity contribution >= 4 is 26.9 Å². The molecule has 7 heteroatoms. The van der Waals surface area contributed by atoms with E-state index in [-0.39, 0.29) is 5.56 Å². The largest absolute Gasteiger partial charge is 0.478 e. The van der Waals surface area contributed by atoms with Gasteiger partial charge in [-0.3, -0.25) is 0 Å². The van der Waals surface area contributed by atoms with Crippen LogP contribution in [0.2, 0.25) is 0 Å². The van der Waals surface area contributed by atoms with Crippen molar-refractivity contribution in [2.75, 3.05) is 19.3 Å². The Morgan fingerprint density at radius 3 is 2.38 bits per heavy atom. The number of para-hydroxylation sites is 2. The molecule has 1 aliphatic heterocycles. The van der Waals surface area contributed by atoms with E-state index in [1.54, 1.807) is 16.4 Å². The Balaban J connectivity index is 1.37. The Morgan fingerprint density at radius 1 is 0.946 bits per heavy atom. The Hall–Kier alpha value is -3.86. The van der Waals surface area contributed by atoms with Crippen molar-refractivity contribution < 1.29 is 18.3 Å². The van der Waals surface area contributed by atoms with Crippen LogP contribution in [-0.2, 0) is 16.4 Å². The van der Waals surface area contributed by atoms with Gasteiger partial charge >= 0.3 is 5.97 Å². The van der Waals surface area contributed by atoms with Crippen molar-refractivity contribution in [2.24, 2.45) is 5.92 Å². The maximum atomic E-state index is 12.1. The molecule has 0 amide bonds. The van der Waals surface area contributed by atoms with Gasteiger partial charge in [0.2, 0.25) is 10.0 Å². The van der Waals surface area contributed by atoms with Crippen LogP contribution in [0, 0.1) is 17.8 Å². The summed E-state index contributed by atoms with van der Waals surface area (Å²) in [5.74, 6) is 5.87. The molecular weight excluding hydrogens is 484 g/mol. The molecule has 1 fully saturated rings. The molecule has 1 aromatic heterocycles. The summed E-state index contributed by atoms with van der Waals surface area (Å²) in [6.07, 6.45) is 5.80. The minimum Gasteiger partial charge on any atom is -0.478 e. The van der Waals surface area contributed by atoms with E-state index in [0.717, 1.165) is 35.7 Å². The van der Waals surface area contributed by atoms with Crippen molar-refractivity contribution in [3.8, 4) is 17.5 Å². The SMILES string of the molecule is CS(=O)(=O)N1CCC(Cc2ccc(C#Cc3cccc(C(=O)O)c3-n3ccc4ccccc43)cc2)CC1. The third-order valence-corrected chi connectivity index (χ3v) is 8.27. The number of nitrogens with zero attached hydrogens (tertiary/aromatic N) is 2. The number of carbonyl (C=O) groups is 1. The summed E-state index contributed by atoms with van der Waals surface area (Å²) in [6, 6.07) is 23.1. The number of sulfonamides is 1. The van der Waals surface area contributed by atoms with Crippen LogP contribution in [0.25, 0.3) is 16.6 Å². The first-order valence-electron chi connectivity index (χ1n) is 12.3. The van der Waals surface area contributed by atoms with Gasteiger partial charge in [-0.05, 0) is 72.5 Å². The maximum absolute atomic E-state index is 12.1. The van der Waals surface area contributed by atoms with Crippen molar-refractivity contribution in [1.82, 2.24) is 8.87 Å². The summed E-state index contributed by atoms with van der Waals surface area (Å²) < 4.78 is 26.9. The lowest BCUT2D eigenvalue weighted by Gasteiger charge is -2.30. The molecule has 2 heterocycles. The fourth-order valence-corrected chi connectivity index (χ4v) is 5.87. The van der Waals surface area contributed by atoms with Gasteiger partial charge in [0.05, 0.1) is 23.0 Å². The van der Waals surface area contributed by atoms with Crippen molar-refractivity contribution in [3.05, 3.63) is 101 Å². The molecule has 0 saturated carbocycles. The molecule has 1 N–H and O–H groups in total. The smallest absolute Gasteiger partial charge is 0.337 e. The summed E-state index contributed by atoms with van der Waals surface area (Å²) in [5, 5.41) is 10.9. The summed E-state index contributed by atoms with van der Waals surface area (Å²) in [5.41, 5.74) is 4.37. The molecule has 6 nitrogen and oxygen atoms in total. The average Bonchev–Trinajstić information content (AvgIpc) is 3.31. The molecule has 5 rings (SSSR count). The highest BCUT2D eigenvalue weighted by Crippen LogP contribution is 2.26. The number of aromatic nitrogens is 1. The first kappa shape index (κ1) is 24.8. The number of piperidine rings is 1. The number of rotatable bonds is 5. The summed E-state index contributed by atoms with van der Waals surface area (Å²) in [4.78, 5) is 12.1. The first-order chi connectivity index (χ1) is 17.8. The second-order valence-electron chi connectivity index (χ2n) is 9.51. The Kier molecular flexibility index (Phi) is 6.88. The predicted octanol–water partition coefficient (Wildman–Crippen LogP) is 4.94. The number of carboxylic acids is 1. The van der Waals surface area contributed by atoms with E-state index in [4.69, 9.17) is 0 Å². The standard InChI is InChI=1S/C30H28N2O4S/c1-37(35,36)31-18-15-24(16-19-31)21-23-11-9-22(10-12-23)13-14-26-6-4-7-27(30(33)34)29(26)32-20-17-25-5-2-3-8-28(25)32/h2-12,17,20,24H,15-16,18-19,21H2,1H3,(H,33,34). The highest BCUT2D eigenvalue weighted by Gasteiger charge is 2.24. The molecule has 1 saturated heterocycles. The molecule has 0 aliphatic carbocycles. The Bertz CT molecular complexity index is 1620. The number of hydrogen-bond donors (Lipinski definition) is 1. The fourth-order valence-electron chi connectivity index (χ4n) is 5.00. The van der Waals surface area contributed by atoms with Gasteiger partial charge in [-0.15, -0.1) is 0 Å². The molecule has 188 valence electrons. The Morgan fingerprint density at radius 2 is 1.68 bits per heavy atom. The third-order valence-electron chi connectivity index (χ3n) is 6.97. The molecular formula is C30H28N2O4S. The molecule has 3 aromatic carbocycles. The minimum absolute atomic E-state index is 0.199. The highest BCUT2D eigenvalue weighted by atomic mass is 32.2. The summed E-state index contributed by atoms with van der Waals surface area (Å²) in [7, 11) is -3.11. The van der Waals surface area contributed by atoms with E-state index in [9.17, 15) is 18.3 Å². The Labute approximate surface area is 217 Å². The van der Waals surface area contributed by atoms with Crippen LogP contribution in [0.15, 0.2) is 79.0 Å². The second-order valence-corrected chi connectivity index (χ2v) is 11.5. The van der Waals surface area contributed by atoms with Gasteiger partial charge in [-0.1, -0.05) is 48.2 Å². The molecule has 0 bridgehead atoms. The number of hydrogen-bond acceptors (Lipinski definition) is 3. The zero-order valence-corrected chi connectivity index (χ0v) is 21.4. The van der Waals surface area contributed by atoms with Crippen molar-refractivity contribution in [2.45, 2.75) is 19.3 Å². The molecule has 0 spiro atoms. The minimum atomic E-state index is -3.11. The zero-order valence-electron chi connectivity index (χ0n) is 20.6. The lowest BCUT2D eigenvalue weighted by molar-refractivity contribution is 0.0697. The van der Waals surface area contributed by atoms with E-state index in [0.29, 0.717) is 30.3 Å². The van der Waals surface area contributed by atoms with Gasteiger partial charge in [-0.25, -0.2) is 17.5 Å². The van der Waals surface area contributed by atoms with Crippen molar-refractivity contribution in [1.29, 1.82) is 0 Å². The van der Waals surface area contributed by atoms with Crippen molar-refractivity contribution in [3.63, 3.8) is 0 Å². The van der Waals surface area contributed by atoms with Crippen LogP contribution in [0.4, 0.5) is 0 Å². The quantitative estimate of drug-likeness (QED) is 0.384. The molecule has 0 unspecified atom stereocenters. The molecule has 37 heavy (non-hydrogen) atoms. The number of carboxylic acid groups (broad SMARTS) is 1. The zero-order chi connectivity index (χ0) is 26.0. The van der Waals surface area contributed by atoms with Gasteiger partial charge in [0, 0.05) is 30.4 Å². The van der Waals surface area contributed by atoms with Gasteiger partial charge in [-0.2, -0.15) is 0 Å². The molecule has 0 radical (unpaired) electrons. The lowest BCUT2D eigenvalue weighted by atomic mass is 9.91. The lowest BCUT2D eigenvalue weighted by Crippen LogP contribution is -2.38. The predicted molar refractivity (Wildman–Crippen MR) is 146 cm³/mol.